The highest BCUT2D eigenvalue weighted by Crippen LogP contribution is 2.34. The third-order valence-corrected chi connectivity index (χ3v) is 5.82. The van der Waals surface area contributed by atoms with E-state index in [2.05, 4.69) is 14.9 Å². The van der Waals surface area contributed by atoms with Crippen molar-refractivity contribution in [3.05, 3.63) is 46.1 Å². The zero-order chi connectivity index (χ0) is 20.3. The van der Waals surface area contributed by atoms with Crippen LogP contribution in [0.25, 0.3) is 0 Å². The molecule has 0 spiro atoms. The normalized spacial score (nSPS) is 18.1. The van der Waals surface area contributed by atoms with E-state index in [1.807, 2.05) is 19.1 Å². The summed E-state index contributed by atoms with van der Waals surface area (Å²) in [6, 6.07) is 7.19. The molecule has 0 amide bonds. The molecule has 7 nitrogen and oxygen atoms in total. The summed E-state index contributed by atoms with van der Waals surface area (Å²) in [6.45, 7) is 3.87. The summed E-state index contributed by atoms with van der Waals surface area (Å²) in [5.74, 6) is 0.948. The molecule has 1 aliphatic heterocycles. The lowest BCUT2D eigenvalue weighted by molar-refractivity contribution is 0.134. The Labute approximate surface area is 170 Å². The molecule has 0 saturated carbocycles. The van der Waals surface area contributed by atoms with Crippen LogP contribution in [-0.2, 0) is 26.7 Å². The minimum absolute atomic E-state index is 0.0415. The maximum atomic E-state index is 11.6. The molecule has 152 valence electrons. The van der Waals surface area contributed by atoms with Gasteiger partial charge in [0.25, 0.3) is 0 Å². The lowest BCUT2D eigenvalue weighted by Gasteiger charge is -2.31. The number of hydrogen-bond acceptors (Lipinski definition) is 7. The average Bonchev–Trinajstić information content (AvgIpc) is 2.86. The van der Waals surface area contributed by atoms with Gasteiger partial charge in [-0.05, 0) is 30.0 Å². The van der Waals surface area contributed by atoms with Gasteiger partial charge in [-0.2, -0.15) is 4.98 Å². The lowest BCUT2D eigenvalue weighted by Crippen LogP contribution is -2.32. The molecular weight excluding hydrogens is 400 g/mol. The predicted molar refractivity (Wildman–Crippen MR) is 111 cm³/mol. The fraction of sp³-hybridized carbons (Fsp3) is 0.474. The van der Waals surface area contributed by atoms with Gasteiger partial charge < -0.3 is 15.4 Å². The van der Waals surface area contributed by atoms with Crippen molar-refractivity contribution in [2.24, 2.45) is 0 Å². The highest BCUT2D eigenvalue weighted by molar-refractivity contribution is 7.89. The van der Waals surface area contributed by atoms with E-state index in [1.54, 1.807) is 12.1 Å². The molecule has 2 aromatic rings. The molecule has 0 radical (unpaired) electrons. The van der Waals surface area contributed by atoms with Gasteiger partial charge >= 0.3 is 0 Å². The number of hydrogen-bond donors (Lipinski definition) is 1. The van der Waals surface area contributed by atoms with Crippen LogP contribution in [-0.4, -0.2) is 44.4 Å². The fourth-order valence-corrected chi connectivity index (χ4v) is 4.49. The number of anilines is 2. The predicted octanol–water partition coefficient (Wildman–Crippen LogP) is 2.79. The number of nitrogens with zero attached hydrogens (tertiary/aromatic N) is 3. The monoisotopic (exact) mass is 424 g/mol. The summed E-state index contributed by atoms with van der Waals surface area (Å²) in [7, 11) is -3.13. The number of aromatic nitrogens is 2. The molecule has 0 bridgehead atoms. The number of rotatable bonds is 5. The second-order valence-corrected chi connectivity index (χ2v) is 9.54. The number of nitrogen functional groups attached to an aromatic ring is 1. The van der Waals surface area contributed by atoms with Gasteiger partial charge in [0.1, 0.15) is 5.82 Å². The van der Waals surface area contributed by atoms with Crippen LogP contribution in [0, 0.1) is 0 Å². The molecule has 1 aromatic heterocycles. The van der Waals surface area contributed by atoms with Gasteiger partial charge in [0.05, 0.1) is 18.4 Å². The van der Waals surface area contributed by atoms with E-state index in [0.29, 0.717) is 23.8 Å². The Morgan fingerprint density at radius 3 is 2.79 bits per heavy atom. The highest BCUT2D eigenvalue weighted by atomic mass is 35.5. The Hall–Kier alpha value is -1.90. The van der Waals surface area contributed by atoms with E-state index >= 15 is 0 Å². The first-order valence-corrected chi connectivity index (χ1v) is 11.6. The van der Waals surface area contributed by atoms with Gasteiger partial charge in [-0.3, -0.25) is 0 Å². The first-order chi connectivity index (χ1) is 13.3. The van der Waals surface area contributed by atoms with Crippen molar-refractivity contribution in [2.45, 2.75) is 31.6 Å². The van der Waals surface area contributed by atoms with Gasteiger partial charge in [-0.1, -0.05) is 30.7 Å². The van der Waals surface area contributed by atoms with E-state index in [9.17, 15) is 8.42 Å². The van der Waals surface area contributed by atoms with Crippen LogP contribution in [0.5, 0.6) is 0 Å². The number of aryl methyl sites for hydroxylation is 1. The first kappa shape index (κ1) is 20.8. The molecule has 1 aromatic carbocycles. The Morgan fingerprint density at radius 2 is 2.11 bits per heavy atom. The van der Waals surface area contributed by atoms with Gasteiger partial charge in [-0.15, -0.1) is 0 Å². The maximum Gasteiger partial charge on any atom is 0.222 e. The van der Waals surface area contributed by atoms with Crippen molar-refractivity contribution < 1.29 is 13.2 Å². The second kappa shape index (κ2) is 8.63. The highest BCUT2D eigenvalue weighted by Gasteiger charge is 2.27. The van der Waals surface area contributed by atoms with Gasteiger partial charge in [0, 0.05) is 36.2 Å². The zero-order valence-electron chi connectivity index (χ0n) is 16.1. The fourth-order valence-electron chi connectivity index (χ4n) is 3.37. The van der Waals surface area contributed by atoms with Crippen molar-refractivity contribution in [1.82, 2.24) is 9.97 Å². The van der Waals surface area contributed by atoms with Crippen LogP contribution in [0.4, 0.5) is 11.8 Å². The Morgan fingerprint density at radius 1 is 1.32 bits per heavy atom. The molecule has 0 unspecified atom stereocenters. The van der Waals surface area contributed by atoms with E-state index in [-0.39, 0.29) is 17.7 Å². The van der Waals surface area contributed by atoms with Crippen molar-refractivity contribution in [1.29, 1.82) is 0 Å². The summed E-state index contributed by atoms with van der Waals surface area (Å²) in [5.41, 5.74) is 8.32. The van der Waals surface area contributed by atoms with E-state index < -0.39 is 9.84 Å². The molecule has 1 fully saturated rings. The van der Waals surface area contributed by atoms with Crippen LogP contribution in [0.3, 0.4) is 0 Å². The van der Waals surface area contributed by atoms with E-state index in [1.165, 1.54) is 6.26 Å². The van der Waals surface area contributed by atoms with Crippen LogP contribution in [0.15, 0.2) is 24.3 Å². The molecule has 1 atom stereocenters. The van der Waals surface area contributed by atoms with Gasteiger partial charge in [0.15, 0.2) is 9.84 Å². The zero-order valence-corrected chi connectivity index (χ0v) is 17.6. The van der Waals surface area contributed by atoms with E-state index in [4.69, 9.17) is 22.1 Å². The molecule has 1 saturated heterocycles. The molecule has 9 heteroatoms. The third-order valence-electron chi connectivity index (χ3n) is 4.63. The van der Waals surface area contributed by atoms with Crippen molar-refractivity contribution >= 4 is 33.2 Å². The number of ether oxygens (including phenoxy) is 1. The largest absolute Gasteiger partial charge is 0.379 e. The Kier molecular flexibility index (Phi) is 6.42. The number of halogens is 1. The first-order valence-electron chi connectivity index (χ1n) is 9.20. The minimum atomic E-state index is -3.13. The smallest absolute Gasteiger partial charge is 0.222 e. The SMILES string of the molecule is CCc1cc(N2CCCOC[C@@H]2c2ccc(CS(C)(=O)=O)cc2Cl)nc(N)n1. The topological polar surface area (TPSA) is 98.4 Å². The summed E-state index contributed by atoms with van der Waals surface area (Å²) in [6.07, 6.45) is 2.82. The minimum Gasteiger partial charge on any atom is -0.379 e. The van der Waals surface area contributed by atoms with Gasteiger partial charge in [0.2, 0.25) is 5.95 Å². The second-order valence-electron chi connectivity index (χ2n) is 6.99. The number of sulfone groups is 1. The molecule has 28 heavy (non-hydrogen) atoms. The molecule has 2 N–H and O–H groups in total. The van der Waals surface area contributed by atoms with Crippen LogP contribution < -0.4 is 10.6 Å². The average molecular weight is 425 g/mol. The standard InChI is InChI=1S/C19H25ClN4O3S/c1-3-14-10-18(23-19(21)22-14)24-7-4-8-27-11-17(24)15-6-5-13(9-16(15)20)12-28(2,25)26/h5-6,9-10,17H,3-4,7-8,11-12H2,1-2H3,(H2,21,22,23)/t17-/m1/s1. The molecular formula is C19H25ClN4O3S. The van der Waals surface area contributed by atoms with Crippen LogP contribution in [0.1, 0.15) is 36.2 Å². The Balaban J connectivity index is 1.99. The molecule has 3 rings (SSSR count). The van der Waals surface area contributed by atoms with Crippen molar-refractivity contribution in [2.75, 3.05) is 36.6 Å². The molecule has 0 aliphatic carbocycles. The summed E-state index contributed by atoms with van der Waals surface area (Å²) in [5, 5.41) is 0.513. The van der Waals surface area contributed by atoms with Crippen molar-refractivity contribution in [3.8, 4) is 0 Å². The van der Waals surface area contributed by atoms with Crippen LogP contribution >= 0.6 is 11.6 Å². The summed E-state index contributed by atoms with van der Waals surface area (Å²) < 4.78 is 28.9. The van der Waals surface area contributed by atoms with Gasteiger partial charge in [-0.25, -0.2) is 13.4 Å². The summed E-state index contributed by atoms with van der Waals surface area (Å²) >= 11 is 6.55. The van der Waals surface area contributed by atoms with Crippen molar-refractivity contribution in [3.63, 3.8) is 0 Å². The third kappa shape index (κ3) is 5.12. The molecule has 1 aliphatic rings. The van der Waals surface area contributed by atoms with Crippen LogP contribution in [0.2, 0.25) is 5.02 Å². The van der Waals surface area contributed by atoms with E-state index in [0.717, 1.165) is 36.5 Å². The quantitative estimate of drug-likeness (QED) is 0.787. The lowest BCUT2D eigenvalue weighted by atomic mass is 10.0. The maximum absolute atomic E-state index is 11.6. The Bertz CT molecular complexity index is 952. The molecule has 2 heterocycles. The number of nitrogens with two attached hydrogens (primary N) is 1. The number of benzene rings is 1. The summed E-state index contributed by atoms with van der Waals surface area (Å²) in [4.78, 5) is 10.8.